The van der Waals surface area contributed by atoms with Gasteiger partial charge in [-0.2, -0.15) is 0 Å². The lowest BCUT2D eigenvalue weighted by atomic mass is 10.1. The van der Waals surface area contributed by atoms with E-state index in [0.717, 1.165) is 24.1 Å². The Morgan fingerprint density at radius 1 is 1.31 bits per heavy atom. The predicted octanol–water partition coefficient (Wildman–Crippen LogP) is 3.99. The molecular formula is C28H35N7O3S. The average molecular weight is 550 g/mol. The first-order valence-electron chi connectivity index (χ1n) is 12.9. The molecule has 0 aromatic carbocycles. The molecule has 10 nitrogen and oxygen atoms in total. The molecule has 0 bridgehead atoms. The standard InChI is InChI=1S/C28H35N7O3S/c1-8-17(4)35-26(33-18(5)22-24(19-9-10-19)31-15-32-27(22)38-6)23(16(2)3)34-25(28(35)36)30-13-20-11-12-21(14-29-20)39(7)37/h11-12,14-15,17,19H,5,8-10,13H2,1-4,6-7H3,(H,30,34)/b33-26+/t17-,39?/m0/s1. The normalized spacial score (nSPS) is 18.1. The van der Waals surface area contributed by atoms with E-state index >= 15 is 0 Å². The first-order valence-corrected chi connectivity index (χ1v) is 14.5. The summed E-state index contributed by atoms with van der Waals surface area (Å²) in [6.45, 7) is 12.4. The van der Waals surface area contributed by atoms with Crippen molar-refractivity contribution < 1.29 is 14.1 Å². The van der Waals surface area contributed by atoms with Crippen molar-refractivity contribution in [2.75, 3.05) is 13.4 Å². The van der Waals surface area contributed by atoms with Crippen molar-refractivity contribution in [3.05, 3.63) is 59.5 Å². The molecule has 11 heteroatoms. The Kier molecular flexibility index (Phi) is 8.81. The van der Waals surface area contributed by atoms with E-state index in [9.17, 15) is 9.35 Å². The second-order valence-corrected chi connectivity index (χ2v) is 11.2. The van der Waals surface area contributed by atoms with Crippen molar-refractivity contribution in [2.24, 2.45) is 9.98 Å². The van der Waals surface area contributed by atoms with Gasteiger partial charge in [-0.3, -0.25) is 14.7 Å². The fourth-order valence-electron chi connectivity index (χ4n) is 4.20. The van der Waals surface area contributed by atoms with Crippen molar-refractivity contribution in [3.8, 4) is 5.88 Å². The number of hydrogen-bond acceptors (Lipinski definition) is 9. The minimum Gasteiger partial charge on any atom is -0.612 e. The molecule has 1 saturated carbocycles. The number of aromatic nitrogens is 3. The van der Waals surface area contributed by atoms with Gasteiger partial charge in [0.1, 0.15) is 18.3 Å². The summed E-state index contributed by atoms with van der Waals surface area (Å²) < 4.78 is 17.2. The van der Waals surface area contributed by atoms with Gasteiger partial charge in [-0.05, 0) is 68.9 Å². The number of pyridine rings is 1. The highest BCUT2D eigenvalue weighted by Crippen LogP contribution is 2.44. The minimum atomic E-state index is -1.11. The van der Waals surface area contributed by atoms with Crippen molar-refractivity contribution >= 4 is 34.5 Å². The third kappa shape index (κ3) is 6.20. The molecule has 0 radical (unpaired) electrons. The second kappa shape index (κ2) is 12.1. The summed E-state index contributed by atoms with van der Waals surface area (Å²) in [6.07, 6.45) is 7.49. The summed E-state index contributed by atoms with van der Waals surface area (Å²) in [5, 5.41) is 3.16. The van der Waals surface area contributed by atoms with E-state index in [0.29, 0.717) is 51.6 Å². The molecule has 1 aliphatic heterocycles. The highest BCUT2D eigenvalue weighted by Gasteiger charge is 2.36. The fourth-order valence-corrected chi connectivity index (χ4v) is 4.66. The van der Waals surface area contributed by atoms with E-state index < -0.39 is 11.2 Å². The highest BCUT2D eigenvalue weighted by atomic mass is 32.2. The molecule has 0 spiro atoms. The number of ether oxygens (including phenoxy) is 1. The summed E-state index contributed by atoms with van der Waals surface area (Å²) in [7, 11) is 1.56. The number of amides is 1. The number of amidine groups is 2. The largest absolute Gasteiger partial charge is 0.612 e. The van der Waals surface area contributed by atoms with Crippen LogP contribution in [0.25, 0.3) is 5.70 Å². The zero-order valence-electron chi connectivity index (χ0n) is 23.3. The molecule has 3 heterocycles. The Morgan fingerprint density at radius 2 is 2.05 bits per heavy atom. The van der Waals surface area contributed by atoms with Crippen molar-refractivity contribution in [1.29, 1.82) is 0 Å². The minimum absolute atomic E-state index is 0.153. The molecule has 2 atom stereocenters. The molecule has 1 aliphatic carbocycles. The number of methoxy groups -OCH3 is 1. The lowest BCUT2D eigenvalue weighted by Gasteiger charge is -2.34. The molecular weight excluding hydrogens is 514 g/mol. The Morgan fingerprint density at radius 3 is 2.62 bits per heavy atom. The predicted molar refractivity (Wildman–Crippen MR) is 153 cm³/mol. The number of carbonyl (C=O) groups is 1. The van der Waals surface area contributed by atoms with Crippen LogP contribution < -0.4 is 10.1 Å². The molecule has 1 amide bonds. The quantitative estimate of drug-likeness (QED) is 0.469. The van der Waals surface area contributed by atoms with E-state index in [1.165, 1.54) is 6.33 Å². The molecule has 2 aromatic rings. The average Bonchev–Trinajstić information content (AvgIpc) is 3.77. The van der Waals surface area contributed by atoms with E-state index in [1.807, 2.05) is 27.7 Å². The molecule has 2 aliphatic rings. The molecule has 2 aromatic heterocycles. The zero-order chi connectivity index (χ0) is 28.3. The summed E-state index contributed by atoms with van der Waals surface area (Å²) in [6, 6.07) is 3.40. The lowest BCUT2D eigenvalue weighted by Crippen LogP contribution is -2.53. The van der Waals surface area contributed by atoms with E-state index in [1.54, 1.807) is 36.6 Å². The van der Waals surface area contributed by atoms with E-state index in [4.69, 9.17) is 14.7 Å². The SMILES string of the molecule is C=C(/N=C1\C(=C(C)C)N=C(NCc2ccc([S+](C)[O-])cn2)C(=O)N1[C@@H](C)CC)c1c(OC)ncnc1C1CC1. The Bertz CT molecular complexity index is 1340. The first-order chi connectivity index (χ1) is 18.7. The van der Waals surface area contributed by atoms with Gasteiger partial charge in [0.25, 0.3) is 5.91 Å². The second-order valence-electron chi connectivity index (χ2n) is 9.83. The number of carbonyl (C=O) groups excluding carboxylic acids is 1. The number of aliphatic imine (C=N–C) groups is 2. The number of nitrogens with zero attached hydrogens (tertiary/aromatic N) is 6. The highest BCUT2D eigenvalue weighted by molar-refractivity contribution is 7.90. The van der Waals surface area contributed by atoms with Gasteiger partial charge in [-0.1, -0.05) is 13.5 Å². The summed E-state index contributed by atoms with van der Waals surface area (Å²) >= 11 is -1.11. The summed E-state index contributed by atoms with van der Waals surface area (Å²) in [5.41, 5.74) is 4.14. The van der Waals surface area contributed by atoms with Gasteiger partial charge in [-0.25, -0.2) is 20.0 Å². The van der Waals surface area contributed by atoms with Gasteiger partial charge < -0.3 is 14.6 Å². The maximum Gasteiger partial charge on any atom is 0.295 e. The third-order valence-electron chi connectivity index (χ3n) is 6.69. The molecule has 4 rings (SSSR count). The van der Waals surface area contributed by atoms with Gasteiger partial charge in [0, 0.05) is 12.0 Å². The monoisotopic (exact) mass is 549 g/mol. The number of nitrogens with one attached hydrogen (secondary N) is 1. The van der Waals surface area contributed by atoms with Crippen LogP contribution in [0.3, 0.4) is 0 Å². The van der Waals surface area contributed by atoms with Crippen molar-refractivity contribution in [3.63, 3.8) is 0 Å². The maximum absolute atomic E-state index is 13.8. The molecule has 1 fully saturated rings. The first kappa shape index (κ1) is 28.4. The van der Waals surface area contributed by atoms with Crippen LogP contribution >= 0.6 is 0 Å². The lowest BCUT2D eigenvalue weighted by molar-refractivity contribution is -0.122. The Labute approximate surface area is 232 Å². The van der Waals surface area contributed by atoms with Crippen LogP contribution in [0.5, 0.6) is 5.88 Å². The summed E-state index contributed by atoms with van der Waals surface area (Å²) in [5.74, 6) is 1.09. The molecule has 1 unspecified atom stereocenters. The van der Waals surface area contributed by atoms with E-state index in [-0.39, 0.29) is 24.3 Å². The van der Waals surface area contributed by atoms with Gasteiger partial charge in [-0.15, -0.1) is 0 Å². The van der Waals surface area contributed by atoms with Gasteiger partial charge in [0.15, 0.2) is 16.6 Å². The Balaban J connectivity index is 1.72. The van der Waals surface area contributed by atoms with Gasteiger partial charge in [0.2, 0.25) is 5.88 Å². The van der Waals surface area contributed by atoms with Gasteiger partial charge in [0.05, 0.1) is 42.5 Å². The van der Waals surface area contributed by atoms with Crippen LogP contribution in [0.1, 0.15) is 69.8 Å². The van der Waals surface area contributed by atoms with Crippen LogP contribution in [0.2, 0.25) is 0 Å². The smallest absolute Gasteiger partial charge is 0.295 e. The molecule has 0 saturated heterocycles. The number of allylic oxidation sites excluding steroid dienone is 1. The summed E-state index contributed by atoms with van der Waals surface area (Å²) in [4.78, 5) is 38.9. The van der Waals surface area contributed by atoms with Crippen LogP contribution in [0.4, 0.5) is 0 Å². The topological polar surface area (TPSA) is 128 Å². The third-order valence-corrected chi connectivity index (χ3v) is 7.59. The number of rotatable bonds is 9. The van der Waals surface area contributed by atoms with Crippen LogP contribution in [0, 0.1) is 0 Å². The van der Waals surface area contributed by atoms with Crippen LogP contribution in [0.15, 0.2) is 57.4 Å². The fraction of sp³-hybridized carbons (Fsp3) is 0.429. The van der Waals surface area contributed by atoms with Crippen LogP contribution in [-0.4, -0.2) is 61.4 Å². The maximum atomic E-state index is 13.8. The molecule has 1 N–H and O–H groups in total. The van der Waals surface area contributed by atoms with Gasteiger partial charge >= 0.3 is 0 Å². The van der Waals surface area contributed by atoms with Crippen molar-refractivity contribution in [2.45, 2.75) is 70.4 Å². The number of hydrogen-bond donors (Lipinski definition) is 1. The molecule has 206 valence electrons. The zero-order valence-corrected chi connectivity index (χ0v) is 24.1. The van der Waals surface area contributed by atoms with E-state index in [2.05, 4.69) is 26.8 Å². The van der Waals surface area contributed by atoms with Crippen molar-refractivity contribution in [1.82, 2.24) is 25.2 Å². The Hall–Kier alpha value is -3.57. The molecule has 39 heavy (non-hydrogen) atoms. The van der Waals surface area contributed by atoms with Crippen LogP contribution in [-0.2, 0) is 22.5 Å².